The van der Waals surface area contributed by atoms with Crippen molar-refractivity contribution in [3.63, 3.8) is 0 Å². The summed E-state index contributed by atoms with van der Waals surface area (Å²) in [7, 11) is 0. The van der Waals surface area contributed by atoms with Crippen molar-refractivity contribution in [2.75, 3.05) is 0 Å². The molecule has 3 nitrogen and oxygen atoms in total. The zero-order valence-electron chi connectivity index (χ0n) is 17.2. The SMILES string of the molecule is Cc1cc(C(C)(C)C)c(OC(=O)c2cccc(C)c2O)c(C(C)(C)C)c1. The van der Waals surface area contributed by atoms with Gasteiger partial charge in [0.15, 0.2) is 0 Å². The summed E-state index contributed by atoms with van der Waals surface area (Å²) in [5.41, 5.74) is 3.58. The first kappa shape index (κ1) is 20.0. The van der Waals surface area contributed by atoms with Gasteiger partial charge in [0.25, 0.3) is 0 Å². The van der Waals surface area contributed by atoms with Crippen LogP contribution >= 0.6 is 0 Å². The Balaban J connectivity index is 2.64. The molecule has 0 saturated carbocycles. The molecule has 140 valence electrons. The van der Waals surface area contributed by atoms with Crippen molar-refractivity contribution >= 4 is 5.97 Å². The lowest BCUT2D eigenvalue weighted by Crippen LogP contribution is -2.22. The summed E-state index contributed by atoms with van der Waals surface area (Å²) in [4.78, 5) is 12.8. The van der Waals surface area contributed by atoms with Crippen molar-refractivity contribution in [1.29, 1.82) is 0 Å². The third kappa shape index (κ3) is 4.09. The van der Waals surface area contributed by atoms with Gasteiger partial charge in [-0.1, -0.05) is 71.4 Å². The molecule has 26 heavy (non-hydrogen) atoms. The molecule has 0 radical (unpaired) electrons. The first-order valence-corrected chi connectivity index (χ1v) is 8.98. The second kappa shape index (κ2) is 6.79. The van der Waals surface area contributed by atoms with Gasteiger partial charge in [-0.2, -0.15) is 0 Å². The predicted molar refractivity (Wildman–Crippen MR) is 106 cm³/mol. The van der Waals surface area contributed by atoms with Crippen molar-refractivity contribution in [1.82, 2.24) is 0 Å². The minimum absolute atomic E-state index is 0.0285. The molecule has 0 amide bonds. The number of ether oxygens (including phenoxy) is 1. The summed E-state index contributed by atoms with van der Waals surface area (Å²) in [5.74, 6) is 0.0341. The van der Waals surface area contributed by atoms with Gasteiger partial charge < -0.3 is 9.84 Å². The van der Waals surface area contributed by atoms with Crippen LogP contribution in [0.3, 0.4) is 0 Å². The van der Waals surface area contributed by atoms with Gasteiger partial charge in [0.2, 0.25) is 0 Å². The second-order valence-electron chi connectivity index (χ2n) is 9.05. The summed E-state index contributed by atoms with van der Waals surface area (Å²) in [6, 6.07) is 9.25. The van der Waals surface area contributed by atoms with Crippen molar-refractivity contribution in [3.8, 4) is 11.5 Å². The highest BCUT2D eigenvalue weighted by Crippen LogP contribution is 2.41. The van der Waals surface area contributed by atoms with Crippen LogP contribution in [0.25, 0.3) is 0 Å². The van der Waals surface area contributed by atoms with Crippen LogP contribution in [0.2, 0.25) is 0 Å². The number of phenolic OH excluding ortho intramolecular Hbond substituents is 1. The van der Waals surface area contributed by atoms with E-state index >= 15 is 0 Å². The van der Waals surface area contributed by atoms with Gasteiger partial charge in [-0.15, -0.1) is 0 Å². The topological polar surface area (TPSA) is 46.5 Å². The minimum Gasteiger partial charge on any atom is -0.507 e. The molecule has 0 bridgehead atoms. The molecule has 0 heterocycles. The second-order valence-corrected chi connectivity index (χ2v) is 9.05. The van der Waals surface area contributed by atoms with Crippen LogP contribution in [0.5, 0.6) is 11.5 Å². The van der Waals surface area contributed by atoms with E-state index in [4.69, 9.17) is 4.74 Å². The van der Waals surface area contributed by atoms with Gasteiger partial charge in [0.1, 0.15) is 17.1 Å². The Kier molecular flexibility index (Phi) is 5.23. The summed E-state index contributed by atoms with van der Waals surface area (Å²) in [6.07, 6.45) is 0. The number of phenols is 1. The number of aromatic hydroxyl groups is 1. The number of carbonyl (C=O) groups is 1. The molecule has 0 aliphatic rings. The predicted octanol–water partition coefficient (Wildman–Crippen LogP) is 5.82. The fourth-order valence-electron chi connectivity index (χ4n) is 2.97. The number of carbonyl (C=O) groups excluding carboxylic acids is 1. The Labute approximate surface area is 157 Å². The summed E-state index contributed by atoms with van der Waals surface area (Å²) in [5, 5.41) is 10.2. The maximum Gasteiger partial charge on any atom is 0.347 e. The van der Waals surface area contributed by atoms with Gasteiger partial charge in [-0.25, -0.2) is 4.79 Å². The molecule has 0 aliphatic heterocycles. The number of aryl methyl sites for hydroxylation is 2. The van der Waals surface area contributed by atoms with E-state index in [-0.39, 0.29) is 22.1 Å². The zero-order valence-corrected chi connectivity index (χ0v) is 17.2. The van der Waals surface area contributed by atoms with E-state index < -0.39 is 5.97 Å². The molecule has 3 heteroatoms. The van der Waals surface area contributed by atoms with Gasteiger partial charge in [-0.3, -0.25) is 0 Å². The molecule has 0 fully saturated rings. The van der Waals surface area contributed by atoms with Crippen LogP contribution in [0.15, 0.2) is 30.3 Å². The molecule has 0 unspecified atom stereocenters. The quantitative estimate of drug-likeness (QED) is 0.546. The first-order valence-electron chi connectivity index (χ1n) is 8.98. The molecule has 0 aliphatic carbocycles. The van der Waals surface area contributed by atoms with Crippen LogP contribution in [-0.4, -0.2) is 11.1 Å². The molecule has 2 aromatic carbocycles. The average molecular weight is 354 g/mol. The molecule has 1 N–H and O–H groups in total. The third-order valence-electron chi connectivity index (χ3n) is 4.50. The Bertz CT molecular complexity index is 799. The Hall–Kier alpha value is -2.29. The zero-order chi connectivity index (χ0) is 19.9. The maximum absolute atomic E-state index is 12.8. The van der Waals surface area contributed by atoms with E-state index in [0.29, 0.717) is 11.3 Å². The fourth-order valence-corrected chi connectivity index (χ4v) is 2.97. The number of esters is 1. The van der Waals surface area contributed by atoms with E-state index in [1.54, 1.807) is 25.1 Å². The summed E-state index contributed by atoms with van der Waals surface area (Å²) in [6.45, 7) is 16.5. The highest BCUT2D eigenvalue weighted by atomic mass is 16.5. The van der Waals surface area contributed by atoms with Gasteiger partial charge >= 0.3 is 5.97 Å². The van der Waals surface area contributed by atoms with Crippen LogP contribution in [0.1, 0.15) is 74.2 Å². The molecule has 2 rings (SSSR count). The number of benzene rings is 2. The van der Waals surface area contributed by atoms with E-state index in [1.165, 1.54) is 0 Å². The van der Waals surface area contributed by atoms with Gasteiger partial charge in [0.05, 0.1) is 0 Å². The molecule has 0 spiro atoms. The van der Waals surface area contributed by atoms with E-state index in [0.717, 1.165) is 16.7 Å². The lowest BCUT2D eigenvalue weighted by Gasteiger charge is -2.29. The first-order chi connectivity index (χ1) is 11.8. The number of hydrogen-bond donors (Lipinski definition) is 1. The highest BCUT2D eigenvalue weighted by Gasteiger charge is 2.29. The maximum atomic E-state index is 12.8. The molecule has 0 atom stereocenters. The van der Waals surface area contributed by atoms with Crippen molar-refractivity contribution in [3.05, 3.63) is 58.1 Å². The van der Waals surface area contributed by atoms with E-state index in [2.05, 4.69) is 60.6 Å². The van der Waals surface area contributed by atoms with Gasteiger partial charge in [0, 0.05) is 11.1 Å². The van der Waals surface area contributed by atoms with Crippen LogP contribution < -0.4 is 4.74 Å². The molecular formula is C23H30O3. The minimum atomic E-state index is -0.536. The lowest BCUT2D eigenvalue weighted by molar-refractivity contribution is 0.0725. The smallest absolute Gasteiger partial charge is 0.347 e. The number of hydrogen-bond acceptors (Lipinski definition) is 3. The monoisotopic (exact) mass is 354 g/mol. The molecular weight excluding hydrogens is 324 g/mol. The van der Waals surface area contributed by atoms with Crippen LogP contribution in [0.4, 0.5) is 0 Å². The average Bonchev–Trinajstić information content (AvgIpc) is 2.49. The Morgan fingerprint density at radius 2 is 1.42 bits per heavy atom. The van der Waals surface area contributed by atoms with Crippen molar-refractivity contribution < 1.29 is 14.6 Å². The van der Waals surface area contributed by atoms with E-state index in [9.17, 15) is 9.90 Å². The van der Waals surface area contributed by atoms with Crippen molar-refractivity contribution in [2.45, 2.75) is 66.2 Å². The third-order valence-corrected chi connectivity index (χ3v) is 4.50. The summed E-state index contributed by atoms with van der Waals surface area (Å²) >= 11 is 0. The van der Waals surface area contributed by atoms with Gasteiger partial charge in [-0.05, 0) is 36.3 Å². The van der Waals surface area contributed by atoms with E-state index in [1.807, 2.05) is 0 Å². The van der Waals surface area contributed by atoms with Crippen LogP contribution in [0, 0.1) is 13.8 Å². The largest absolute Gasteiger partial charge is 0.507 e. The van der Waals surface area contributed by atoms with Crippen LogP contribution in [-0.2, 0) is 10.8 Å². The number of para-hydroxylation sites is 1. The normalized spacial score (nSPS) is 12.2. The Morgan fingerprint density at radius 1 is 0.923 bits per heavy atom. The Morgan fingerprint density at radius 3 is 1.88 bits per heavy atom. The lowest BCUT2D eigenvalue weighted by atomic mass is 9.78. The summed E-state index contributed by atoms with van der Waals surface area (Å²) < 4.78 is 5.91. The highest BCUT2D eigenvalue weighted by molar-refractivity contribution is 5.94. The van der Waals surface area contributed by atoms with Crippen molar-refractivity contribution in [2.24, 2.45) is 0 Å². The molecule has 2 aromatic rings. The fraction of sp³-hybridized carbons (Fsp3) is 0.435. The standard InChI is InChI=1S/C23H30O3/c1-14-12-17(22(3,4)5)20(18(13-14)23(6,7)8)26-21(25)16-11-9-10-15(2)19(16)24/h9-13,24H,1-8H3. The number of rotatable bonds is 2. The molecule has 0 saturated heterocycles. The molecule has 0 aromatic heterocycles.